The van der Waals surface area contributed by atoms with Gasteiger partial charge in [0.1, 0.15) is 6.17 Å². The second kappa shape index (κ2) is 12.7. The summed E-state index contributed by atoms with van der Waals surface area (Å²) < 4.78 is 0. The van der Waals surface area contributed by atoms with E-state index in [2.05, 4.69) is 76.8 Å². The maximum Gasteiger partial charge on any atom is 0.335 e. The molecule has 0 aromatic heterocycles. The van der Waals surface area contributed by atoms with Crippen molar-refractivity contribution in [2.45, 2.75) is 52.6 Å². The zero-order chi connectivity index (χ0) is 26.4. The van der Waals surface area contributed by atoms with Crippen LogP contribution in [-0.2, 0) is 24.4 Å². The van der Waals surface area contributed by atoms with E-state index in [-0.39, 0.29) is 12.2 Å². The first-order valence-corrected chi connectivity index (χ1v) is 13.6. The lowest BCUT2D eigenvalue weighted by molar-refractivity contribution is -0.134. The average molecular weight is 523 g/mol. The number of carbonyl (C=O) groups is 1. The van der Waals surface area contributed by atoms with Crippen LogP contribution in [0.1, 0.15) is 37.5 Å². The fourth-order valence-corrected chi connectivity index (χ4v) is 5.28. The van der Waals surface area contributed by atoms with Gasteiger partial charge in [-0.25, -0.2) is 4.79 Å². The Morgan fingerprint density at radius 1 is 0.973 bits per heavy atom. The Bertz CT molecular complexity index is 1090. The summed E-state index contributed by atoms with van der Waals surface area (Å²) in [6, 6.07) is 17.3. The van der Waals surface area contributed by atoms with Crippen molar-refractivity contribution in [2.24, 2.45) is 0 Å². The molecule has 7 heteroatoms. The van der Waals surface area contributed by atoms with Gasteiger partial charge >= 0.3 is 5.97 Å². The van der Waals surface area contributed by atoms with Crippen LogP contribution in [0.3, 0.4) is 0 Å². The van der Waals surface area contributed by atoms with Crippen LogP contribution < -0.4 is 0 Å². The number of nitrogens with zero attached hydrogens (tertiary/aromatic N) is 4. The van der Waals surface area contributed by atoms with E-state index in [0.29, 0.717) is 5.57 Å². The molecule has 2 heterocycles. The molecule has 2 aromatic rings. The first-order chi connectivity index (χ1) is 17.8. The molecule has 198 valence electrons. The highest BCUT2D eigenvalue weighted by atomic mass is 35.5. The zero-order valence-corrected chi connectivity index (χ0v) is 22.9. The minimum absolute atomic E-state index is 0.210. The first kappa shape index (κ1) is 27.4. The number of hydrogen-bond donors (Lipinski definition) is 1. The number of hydrogen-bond acceptors (Lipinski definition) is 5. The number of aliphatic carboxylic acids is 1. The van der Waals surface area contributed by atoms with E-state index >= 15 is 0 Å². The summed E-state index contributed by atoms with van der Waals surface area (Å²) in [5.41, 5.74) is 4.36. The molecular weight excluding hydrogens is 484 g/mol. The monoisotopic (exact) mass is 522 g/mol. The Kier molecular flexibility index (Phi) is 9.43. The summed E-state index contributed by atoms with van der Waals surface area (Å²) in [6.07, 6.45) is 5.40. The van der Waals surface area contributed by atoms with E-state index in [1.54, 1.807) is 6.08 Å². The van der Waals surface area contributed by atoms with Gasteiger partial charge in [-0.15, -0.1) is 0 Å². The number of carboxylic acids is 1. The maximum absolute atomic E-state index is 11.9. The van der Waals surface area contributed by atoms with Gasteiger partial charge in [0, 0.05) is 63.1 Å². The van der Waals surface area contributed by atoms with Gasteiger partial charge < -0.3 is 10.0 Å². The molecule has 0 radical (unpaired) electrons. The molecule has 1 unspecified atom stereocenters. The highest BCUT2D eigenvalue weighted by Crippen LogP contribution is 2.25. The second-order valence-electron chi connectivity index (χ2n) is 10.2. The van der Waals surface area contributed by atoms with Crippen molar-refractivity contribution in [3.63, 3.8) is 0 Å². The number of piperazine rings is 1. The molecule has 0 aliphatic carbocycles. The molecule has 2 aliphatic heterocycles. The van der Waals surface area contributed by atoms with E-state index in [4.69, 9.17) is 11.6 Å². The number of rotatable bonds is 10. The van der Waals surface area contributed by atoms with Crippen LogP contribution >= 0.6 is 11.6 Å². The third-order valence-corrected chi connectivity index (χ3v) is 7.54. The Morgan fingerprint density at radius 3 is 2.08 bits per heavy atom. The van der Waals surface area contributed by atoms with Crippen LogP contribution in [-0.4, -0.2) is 75.6 Å². The lowest BCUT2D eigenvalue weighted by Gasteiger charge is -2.46. The van der Waals surface area contributed by atoms with Crippen molar-refractivity contribution < 1.29 is 9.90 Å². The predicted molar refractivity (Wildman–Crippen MR) is 150 cm³/mol. The minimum Gasteiger partial charge on any atom is -0.478 e. The highest BCUT2D eigenvalue weighted by molar-refractivity contribution is 6.30. The predicted octanol–water partition coefficient (Wildman–Crippen LogP) is 5.05. The quantitative estimate of drug-likeness (QED) is 0.471. The van der Waals surface area contributed by atoms with E-state index < -0.39 is 5.97 Å². The SMILES string of the molecule is CCN(Cc1ccc(Cl)cc1)Cc1ccc(CN2CCN(C3C(C(=O)O)=CC=CN3C(C)C)CC2)cc1. The maximum atomic E-state index is 11.9. The third kappa shape index (κ3) is 7.23. The molecule has 0 spiro atoms. The van der Waals surface area contributed by atoms with Gasteiger partial charge in [0.15, 0.2) is 0 Å². The normalized spacial score (nSPS) is 19.0. The van der Waals surface area contributed by atoms with Crippen molar-refractivity contribution in [2.75, 3.05) is 32.7 Å². The van der Waals surface area contributed by atoms with Crippen molar-refractivity contribution in [1.82, 2.24) is 19.6 Å². The minimum atomic E-state index is -0.836. The standard InChI is InChI=1S/C30H39ClN4O2/c1-4-32(21-26-11-13-27(31)14-12-26)20-24-7-9-25(10-8-24)22-33-16-18-34(19-17-33)29-28(30(36)37)6-5-15-35(29)23(2)3/h5-15,23,29H,4,16-22H2,1-3H3,(H,36,37). The van der Waals surface area contributed by atoms with Crippen molar-refractivity contribution >= 4 is 17.6 Å². The van der Waals surface area contributed by atoms with Crippen LogP contribution in [0.4, 0.5) is 0 Å². The molecule has 0 bridgehead atoms. The summed E-state index contributed by atoms with van der Waals surface area (Å²) in [5.74, 6) is -0.836. The Hall–Kier alpha value is -2.64. The van der Waals surface area contributed by atoms with Crippen molar-refractivity contribution in [1.29, 1.82) is 0 Å². The lowest BCUT2D eigenvalue weighted by atomic mass is 10.0. The van der Waals surface area contributed by atoms with Gasteiger partial charge in [0.25, 0.3) is 0 Å². The summed E-state index contributed by atoms with van der Waals surface area (Å²) in [7, 11) is 0. The topological polar surface area (TPSA) is 50.3 Å². The smallest absolute Gasteiger partial charge is 0.335 e. The third-order valence-electron chi connectivity index (χ3n) is 7.29. The molecule has 1 saturated heterocycles. The number of halogens is 1. The Morgan fingerprint density at radius 2 is 1.54 bits per heavy atom. The molecule has 1 N–H and O–H groups in total. The van der Waals surface area contributed by atoms with Gasteiger partial charge in [-0.1, -0.05) is 54.9 Å². The van der Waals surface area contributed by atoms with Gasteiger partial charge in [0.2, 0.25) is 0 Å². The lowest BCUT2D eigenvalue weighted by Crippen LogP contribution is -2.57. The van der Waals surface area contributed by atoms with E-state index in [1.807, 2.05) is 24.4 Å². The van der Waals surface area contributed by atoms with Gasteiger partial charge in [-0.05, 0) is 61.4 Å². The van der Waals surface area contributed by atoms with Crippen LogP contribution in [0, 0.1) is 0 Å². The van der Waals surface area contributed by atoms with E-state index in [9.17, 15) is 9.90 Å². The average Bonchev–Trinajstić information content (AvgIpc) is 2.90. The van der Waals surface area contributed by atoms with Crippen molar-refractivity contribution in [3.8, 4) is 0 Å². The zero-order valence-electron chi connectivity index (χ0n) is 22.2. The number of allylic oxidation sites excluding steroid dienone is 2. The molecule has 0 amide bonds. The molecule has 2 aliphatic rings. The fourth-order valence-electron chi connectivity index (χ4n) is 5.16. The summed E-state index contributed by atoms with van der Waals surface area (Å²) >= 11 is 6.03. The number of benzene rings is 2. The largest absolute Gasteiger partial charge is 0.478 e. The van der Waals surface area contributed by atoms with E-state index in [1.165, 1.54) is 16.7 Å². The van der Waals surface area contributed by atoms with Gasteiger partial charge in [-0.2, -0.15) is 0 Å². The molecule has 2 aromatic carbocycles. The molecule has 0 saturated carbocycles. The fraction of sp³-hybridized carbons (Fsp3) is 0.433. The molecule has 1 fully saturated rings. The molecular formula is C30H39ClN4O2. The van der Waals surface area contributed by atoms with Crippen LogP contribution in [0.25, 0.3) is 0 Å². The van der Waals surface area contributed by atoms with Crippen LogP contribution in [0.5, 0.6) is 0 Å². The van der Waals surface area contributed by atoms with Crippen LogP contribution in [0.2, 0.25) is 5.02 Å². The number of carboxylic acid groups (broad SMARTS) is 1. The molecule has 4 rings (SSSR count). The molecule has 37 heavy (non-hydrogen) atoms. The summed E-state index contributed by atoms with van der Waals surface area (Å²) in [5, 5.41) is 10.6. The van der Waals surface area contributed by atoms with Crippen LogP contribution in [0.15, 0.2) is 72.5 Å². The highest BCUT2D eigenvalue weighted by Gasteiger charge is 2.35. The van der Waals surface area contributed by atoms with Crippen molar-refractivity contribution in [3.05, 3.63) is 94.2 Å². The molecule has 6 nitrogen and oxygen atoms in total. The first-order valence-electron chi connectivity index (χ1n) is 13.2. The molecule has 1 atom stereocenters. The van der Waals surface area contributed by atoms with Gasteiger partial charge in [-0.3, -0.25) is 14.7 Å². The Labute approximate surface area is 226 Å². The Balaban J connectivity index is 1.30. The second-order valence-corrected chi connectivity index (χ2v) is 10.7. The summed E-state index contributed by atoms with van der Waals surface area (Å²) in [6.45, 7) is 13.7. The van der Waals surface area contributed by atoms with E-state index in [0.717, 1.165) is 57.4 Å². The van der Waals surface area contributed by atoms with Gasteiger partial charge in [0.05, 0.1) is 5.57 Å². The summed E-state index contributed by atoms with van der Waals surface area (Å²) in [4.78, 5) is 21.3.